The van der Waals surface area contributed by atoms with Gasteiger partial charge in [0.1, 0.15) is 0 Å². The Balaban J connectivity index is 1.56. The molecule has 0 radical (unpaired) electrons. The van der Waals surface area contributed by atoms with E-state index in [1.807, 2.05) is 12.2 Å². The molecule has 116 valence electrons. The molecular weight excluding hydrogens is 268 g/mol. The van der Waals surface area contributed by atoms with Gasteiger partial charge in [-0.1, -0.05) is 19.1 Å². The Morgan fingerprint density at radius 1 is 1.29 bits per heavy atom. The Labute approximate surface area is 125 Å². The quantitative estimate of drug-likeness (QED) is 0.741. The lowest BCUT2D eigenvalue weighted by Gasteiger charge is -2.24. The van der Waals surface area contributed by atoms with Crippen LogP contribution in [0.15, 0.2) is 12.2 Å². The summed E-state index contributed by atoms with van der Waals surface area (Å²) in [6.07, 6.45) is 5.95. The molecule has 5 atom stereocenters. The smallest absolute Gasteiger partial charge is 0.307 e. The molecule has 1 heterocycles. The SMILES string of the molecule is CCN1CCC(CNC(=O)[C@H]2C3C=CC(C3)[C@H]2C(=O)O)C1. The monoisotopic (exact) mass is 292 g/mol. The summed E-state index contributed by atoms with van der Waals surface area (Å²) in [7, 11) is 0. The molecule has 2 aliphatic carbocycles. The molecular formula is C16H24N2O3. The molecule has 3 unspecified atom stereocenters. The third-order valence-electron chi connectivity index (χ3n) is 5.43. The van der Waals surface area contributed by atoms with Crippen molar-refractivity contribution in [3.05, 3.63) is 12.2 Å². The van der Waals surface area contributed by atoms with E-state index >= 15 is 0 Å². The van der Waals surface area contributed by atoms with E-state index in [0.717, 1.165) is 32.5 Å². The van der Waals surface area contributed by atoms with Crippen LogP contribution >= 0.6 is 0 Å². The zero-order chi connectivity index (χ0) is 15.0. The summed E-state index contributed by atoms with van der Waals surface area (Å²) in [6.45, 7) is 6.03. The highest BCUT2D eigenvalue weighted by atomic mass is 16.4. The fraction of sp³-hybridized carbons (Fsp3) is 0.750. The molecule has 1 saturated carbocycles. The van der Waals surface area contributed by atoms with Crippen molar-refractivity contribution in [1.29, 1.82) is 0 Å². The summed E-state index contributed by atoms with van der Waals surface area (Å²) in [4.78, 5) is 26.3. The molecule has 2 N–H and O–H groups in total. The highest BCUT2D eigenvalue weighted by Gasteiger charge is 2.51. The Kier molecular flexibility index (Phi) is 4.02. The standard InChI is InChI=1S/C16H24N2O3/c1-2-18-6-5-10(9-18)8-17-15(19)13-11-3-4-12(7-11)14(13)16(20)21/h3-4,10-14H,2,5-9H2,1H3,(H,17,19)(H,20,21)/t10?,11?,12?,13-,14+/m0/s1. The van der Waals surface area contributed by atoms with Crippen molar-refractivity contribution in [2.75, 3.05) is 26.2 Å². The van der Waals surface area contributed by atoms with E-state index in [1.165, 1.54) is 0 Å². The van der Waals surface area contributed by atoms with Crippen LogP contribution in [0.4, 0.5) is 0 Å². The minimum atomic E-state index is -0.829. The zero-order valence-corrected chi connectivity index (χ0v) is 12.5. The molecule has 1 aliphatic heterocycles. The zero-order valence-electron chi connectivity index (χ0n) is 12.5. The van der Waals surface area contributed by atoms with Crippen molar-refractivity contribution in [1.82, 2.24) is 10.2 Å². The minimum absolute atomic E-state index is 0.0466. The van der Waals surface area contributed by atoms with E-state index in [4.69, 9.17) is 0 Å². The van der Waals surface area contributed by atoms with E-state index < -0.39 is 11.9 Å². The molecule has 3 aliphatic rings. The second kappa shape index (κ2) is 5.79. The third kappa shape index (κ3) is 2.71. The predicted molar refractivity (Wildman–Crippen MR) is 78.6 cm³/mol. The van der Waals surface area contributed by atoms with Gasteiger partial charge in [-0.2, -0.15) is 0 Å². The van der Waals surface area contributed by atoms with Gasteiger partial charge in [0.25, 0.3) is 0 Å². The van der Waals surface area contributed by atoms with Gasteiger partial charge in [0.2, 0.25) is 5.91 Å². The van der Waals surface area contributed by atoms with Crippen molar-refractivity contribution >= 4 is 11.9 Å². The maximum absolute atomic E-state index is 12.4. The summed E-state index contributed by atoms with van der Waals surface area (Å²) in [5.74, 6) is -1.13. The molecule has 3 rings (SSSR count). The first-order valence-electron chi connectivity index (χ1n) is 8.01. The van der Waals surface area contributed by atoms with Crippen LogP contribution in [0.25, 0.3) is 0 Å². The van der Waals surface area contributed by atoms with Crippen molar-refractivity contribution in [2.45, 2.75) is 19.8 Å². The lowest BCUT2D eigenvalue weighted by Crippen LogP contribution is -2.42. The van der Waals surface area contributed by atoms with E-state index in [1.54, 1.807) is 0 Å². The molecule has 0 spiro atoms. The van der Waals surface area contributed by atoms with Crippen LogP contribution in [0.3, 0.4) is 0 Å². The molecule has 2 fully saturated rings. The summed E-state index contributed by atoms with van der Waals surface area (Å²) in [5.41, 5.74) is 0. The maximum atomic E-state index is 12.4. The maximum Gasteiger partial charge on any atom is 0.307 e. The number of nitrogens with zero attached hydrogens (tertiary/aromatic N) is 1. The number of rotatable bonds is 5. The normalized spacial score (nSPS) is 38.0. The highest BCUT2D eigenvalue weighted by molar-refractivity contribution is 5.86. The number of hydrogen-bond donors (Lipinski definition) is 2. The van der Waals surface area contributed by atoms with Crippen LogP contribution in [-0.4, -0.2) is 48.1 Å². The molecule has 1 saturated heterocycles. The molecule has 0 aromatic heterocycles. The highest BCUT2D eigenvalue weighted by Crippen LogP contribution is 2.48. The largest absolute Gasteiger partial charge is 0.481 e. The van der Waals surface area contributed by atoms with E-state index in [9.17, 15) is 14.7 Å². The van der Waals surface area contributed by atoms with Crippen molar-refractivity contribution < 1.29 is 14.7 Å². The number of carbonyl (C=O) groups excluding carboxylic acids is 1. The van der Waals surface area contributed by atoms with Crippen LogP contribution in [-0.2, 0) is 9.59 Å². The van der Waals surface area contributed by atoms with Crippen molar-refractivity contribution in [3.8, 4) is 0 Å². The van der Waals surface area contributed by atoms with Gasteiger partial charge in [0.05, 0.1) is 11.8 Å². The number of nitrogens with one attached hydrogen (secondary N) is 1. The van der Waals surface area contributed by atoms with Gasteiger partial charge in [-0.05, 0) is 43.7 Å². The van der Waals surface area contributed by atoms with Gasteiger partial charge in [0, 0.05) is 13.1 Å². The molecule has 5 nitrogen and oxygen atoms in total. The van der Waals surface area contributed by atoms with Gasteiger partial charge in [0.15, 0.2) is 0 Å². The predicted octanol–water partition coefficient (Wildman–Crippen LogP) is 0.967. The first-order chi connectivity index (χ1) is 10.1. The molecule has 2 bridgehead atoms. The van der Waals surface area contributed by atoms with Gasteiger partial charge in [-0.25, -0.2) is 0 Å². The molecule has 5 heteroatoms. The Bertz CT molecular complexity index is 462. The van der Waals surface area contributed by atoms with Crippen LogP contribution in [0.2, 0.25) is 0 Å². The van der Waals surface area contributed by atoms with Gasteiger partial charge >= 0.3 is 5.97 Å². The fourth-order valence-corrected chi connectivity index (χ4v) is 4.25. The lowest BCUT2D eigenvalue weighted by molar-refractivity contribution is -0.147. The Morgan fingerprint density at radius 3 is 2.62 bits per heavy atom. The lowest BCUT2D eigenvalue weighted by atomic mass is 9.82. The molecule has 0 aromatic carbocycles. The summed E-state index contributed by atoms with van der Waals surface area (Å²) in [6, 6.07) is 0. The molecule has 0 aromatic rings. The van der Waals surface area contributed by atoms with E-state index in [-0.39, 0.29) is 23.7 Å². The topological polar surface area (TPSA) is 69.6 Å². The van der Waals surface area contributed by atoms with E-state index in [2.05, 4.69) is 17.1 Å². The molecule has 21 heavy (non-hydrogen) atoms. The summed E-state index contributed by atoms with van der Waals surface area (Å²) < 4.78 is 0. The number of amides is 1. The second-order valence-electron chi connectivity index (χ2n) is 6.63. The Morgan fingerprint density at radius 2 is 2.00 bits per heavy atom. The Hall–Kier alpha value is -1.36. The number of likely N-dealkylation sites (tertiary alicyclic amines) is 1. The minimum Gasteiger partial charge on any atom is -0.481 e. The fourth-order valence-electron chi connectivity index (χ4n) is 4.25. The average molecular weight is 292 g/mol. The molecule has 1 amide bonds. The number of aliphatic carboxylic acids is 1. The van der Waals surface area contributed by atoms with Gasteiger partial charge < -0.3 is 15.3 Å². The van der Waals surface area contributed by atoms with Crippen molar-refractivity contribution in [2.24, 2.45) is 29.6 Å². The number of fused-ring (bicyclic) bond motifs is 2. The summed E-state index contributed by atoms with van der Waals surface area (Å²) >= 11 is 0. The van der Waals surface area contributed by atoms with E-state index in [0.29, 0.717) is 12.5 Å². The van der Waals surface area contributed by atoms with Gasteiger partial charge in [-0.15, -0.1) is 0 Å². The number of carboxylic acid groups (broad SMARTS) is 1. The van der Waals surface area contributed by atoms with Gasteiger partial charge in [-0.3, -0.25) is 9.59 Å². The first-order valence-corrected chi connectivity index (χ1v) is 8.01. The van der Waals surface area contributed by atoms with Crippen molar-refractivity contribution in [3.63, 3.8) is 0 Å². The average Bonchev–Trinajstić information content (AvgIpc) is 3.18. The van der Waals surface area contributed by atoms with Crippen LogP contribution < -0.4 is 5.32 Å². The third-order valence-corrected chi connectivity index (χ3v) is 5.43. The van der Waals surface area contributed by atoms with Crippen LogP contribution in [0.1, 0.15) is 19.8 Å². The number of carboxylic acids is 1. The number of carbonyl (C=O) groups is 2. The number of hydrogen-bond acceptors (Lipinski definition) is 3. The number of allylic oxidation sites excluding steroid dienone is 2. The van der Waals surface area contributed by atoms with Crippen LogP contribution in [0, 0.1) is 29.6 Å². The van der Waals surface area contributed by atoms with Crippen LogP contribution in [0.5, 0.6) is 0 Å². The first kappa shape index (κ1) is 14.6. The summed E-state index contributed by atoms with van der Waals surface area (Å²) in [5, 5.41) is 12.4. The second-order valence-corrected chi connectivity index (χ2v) is 6.63.